The summed E-state index contributed by atoms with van der Waals surface area (Å²) in [6.45, 7) is 0. The predicted octanol–water partition coefficient (Wildman–Crippen LogP) is 5.35. The quantitative estimate of drug-likeness (QED) is 0.727. The fraction of sp³-hybridized carbons (Fsp3) is 0.526. The summed E-state index contributed by atoms with van der Waals surface area (Å²) in [5.41, 5.74) is 1.32. The lowest BCUT2D eigenvalue weighted by Gasteiger charge is -2.53. The van der Waals surface area contributed by atoms with E-state index >= 15 is 0 Å². The Morgan fingerprint density at radius 1 is 0.857 bits per heavy atom. The van der Waals surface area contributed by atoms with Crippen molar-refractivity contribution in [1.29, 1.82) is 0 Å². The number of rotatable bonds is 2. The third-order valence-electron chi connectivity index (χ3n) is 6.09. The van der Waals surface area contributed by atoms with Gasteiger partial charge in [-0.05, 0) is 61.3 Å². The van der Waals surface area contributed by atoms with E-state index in [1.807, 2.05) is 11.3 Å². The van der Waals surface area contributed by atoms with E-state index in [0.717, 1.165) is 29.6 Å². The highest BCUT2D eigenvalue weighted by molar-refractivity contribution is 7.15. The topological polar surface area (TPSA) is 12.9 Å². The molecule has 1 heterocycles. The molecule has 108 valence electrons. The van der Waals surface area contributed by atoms with Crippen LogP contribution < -0.4 is 0 Å². The first-order valence-corrected chi connectivity index (χ1v) is 9.19. The molecule has 0 spiro atoms. The van der Waals surface area contributed by atoms with Gasteiger partial charge in [-0.1, -0.05) is 30.3 Å². The zero-order chi connectivity index (χ0) is 13.8. The Morgan fingerprint density at radius 2 is 1.52 bits per heavy atom. The van der Waals surface area contributed by atoms with Crippen LogP contribution >= 0.6 is 11.3 Å². The summed E-state index contributed by atoms with van der Waals surface area (Å²) < 4.78 is 0. The minimum Gasteiger partial charge on any atom is -0.249 e. The van der Waals surface area contributed by atoms with E-state index in [1.165, 1.54) is 47.6 Å². The normalized spacial score (nSPS) is 37.0. The summed E-state index contributed by atoms with van der Waals surface area (Å²) >= 11 is 1.95. The van der Waals surface area contributed by atoms with Crippen molar-refractivity contribution in [3.63, 3.8) is 0 Å². The highest BCUT2D eigenvalue weighted by atomic mass is 32.1. The zero-order valence-corrected chi connectivity index (χ0v) is 13.1. The van der Waals surface area contributed by atoms with Crippen molar-refractivity contribution in [2.24, 2.45) is 23.7 Å². The fourth-order valence-corrected chi connectivity index (χ4v) is 6.72. The number of nitrogens with zero attached hydrogens (tertiary/aromatic N) is 1. The number of benzene rings is 1. The van der Waals surface area contributed by atoms with Crippen LogP contribution in [0.15, 0.2) is 36.5 Å². The maximum atomic E-state index is 4.86. The minimum atomic E-state index is 0.778. The largest absolute Gasteiger partial charge is 0.249 e. The molecule has 0 aliphatic heterocycles. The van der Waals surface area contributed by atoms with E-state index in [4.69, 9.17) is 4.98 Å². The van der Waals surface area contributed by atoms with Crippen LogP contribution in [0, 0.1) is 23.7 Å². The lowest BCUT2D eigenvalue weighted by atomic mass is 9.52. The van der Waals surface area contributed by atoms with Crippen molar-refractivity contribution in [1.82, 2.24) is 4.98 Å². The molecule has 21 heavy (non-hydrogen) atoms. The highest BCUT2D eigenvalue weighted by Crippen LogP contribution is 2.60. The molecule has 0 N–H and O–H groups in total. The molecule has 4 saturated carbocycles. The van der Waals surface area contributed by atoms with E-state index < -0.39 is 0 Å². The number of thiazole rings is 1. The van der Waals surface area contributed by atoms with Gasteiger partial charge in [0.15, 0.2) is 0 Å². The smallest absolute Gasteiger partial charge is 0.0967 e. The van der Waals surface area contributed by atoms with Gasteiger partial charge >= 0.3 is 0 Å². The molecular weight excluding hydrogens is 274 g/mol. The van der Waals surface area contributed by atoms with E-state index in [2.05, 4.69) is 36.5 Å². The molecule has 2 heteroatoms. The van der Waals surface area contributed by atoms with Crippen LogP contribution in [0.25, 0.3) is 10.4 Å². The van der Waals surface area contributed by atoms with Gasteiger partial charge in [0.2, 0.25) is 0 Å². The summed E-state index contributed by atoms with van der Waals surface area (Å²) in [4.78, 5) is 6.20. The summed E-state index contributed by atoms with van der Waals surface area (Å²) in [6.07, 6.45) is 9.58. The lowest BCUT2D eigenvalue weighted by Crippen LogP contribution is -2.43. The van der Waals surface area contributed by atoms with Crippen molar-refractivity contribution >= 4 is 11.3 Å². The molecule has 6 rings (SSSR count). The molecule has 1 aromatic carbocycles. The Balaban J connectivity index is 1.47. The molecule has 1 nitrogen and oxygen atoms in total. The van der Waals surface area contributed by atoms with E-state index in [0.29, 0.717) is 0 Å². The van der Waals surface area contributed by atoms with Gasteiger partial charge in [0.25, 0.3) is 0 Å². The Labute approximate surface area is 130 Å². The fourth-order valence-electron chi connectivity index (χ4n) is 5.51. The molecule has 2 aromatic rings. The standard InChI is InChI=1S/C19H21NS/c1-2-4-14(5-3-1)17-11-20-19(21-17)18-15-7-12-6-13(9-15)10-16(18)8-12/h1-5,11-13,15-16,18H,6-10H2. The first kappa shape index (κ1) is 12.4. The monoisotopic (exact) mass is 295 g/mol. The van der Waals surface area contributed by atoms with Crippen LogP contribution in [0.5, 0.6) is 0 Å². The first-order chi connectivity index (χ1) is 10.4. The molecule has 0 saturated heterocycles. The summed E-state index contributed by atoms with van der Waals surface area (Å²) in [5.74, 6) is 4.77. The molecule has 0 amide bonds. The Hall–Kier alpha value is -1.15. The van der Waals surface area contributed by atoms with E-state index in [9.17, 15) is 0 Å². The lowest BCUT2D eigenvalue weighted by molar-refractivity contribution is -0.00283. The summed E-state index contributed by atoms with van der Waals surface area (Å²) in [7, 11) is 0. The molecule has 4 bridgehead atoms. The van der Waals surface area contributed by atoms with E-state index in [1.54, 1.807) is 0 Å². The van der Waals surface area contributed by atoms with Gasteiger partial charge in [0, 0.05) is 12.1 Å². The molecule has 4 aliphatic carbocycles. The maximum absolute atomic E-state index is 4.86. The van der Waals surface area contributed by atoms with Gasteiger partial charge in [-0.2, -0.15) is 0 Å². The average Bonchev–Trinajstić information content (AvgIpc) is 2.97. The second kappa shape index (κ2) is 4.67. The van der Waals surface area contributed by atoms with Crippen LogP contribution in [-0.4, -0.2) is 4.98 Å². The van der Waals surface area contributed by atoms with Crippen molar-refractivity contribution in [2.45, 2.75) is 38.0 Å². The summed E-state index contributed by atoms with van der Waals surface area (Å²) in [5, 5.41) is 1.43. The van der Waals surface area contributed by atoms with Gasteiger partial charge in [0.05, 0.1) is 9.88 Å². The Kier molecular flexibility index (Phi) is 2.76. The van der Waals surface area contributed by atoms with Gasteiger partial charge in [0.1, 0.15) is 0 Å². The third kappa shape index (κ3) is 1.99. The van der Waals surface area contributed by atoms with Crippen molar-refractivity contribution in [3.05, 3.63) is 41.5 Å². The van der Waals surface area contributed by atoms with Crippen LogP contribution in [0.1, 0.15) is 43.0 Å². The Bertz CT molecular complexity index is 617. The number of hydrogen-bond acceptors (Lipinski definition) is 2. The molecule has 4 fully saturated rings. The maximum Gasteiger partial charge on any atom is 0.0967 e. The van der Waals surface area contributed by atoms with Crippen molar-refractivity contribution in [2.75, 3.05) is 0 Å². The minimum absolute atomic E-state index is 0.778. The second-order valence-corrected chi connectivity index (χ2v) is 8.45. The van der Waals surface area contributed by atoms with Gasteiger partial charge in [-0.15, -0.1) is 11.3 Å². The first-order valence-electron chi connectivity index (χ1n) is 8.38. The molecule has 0 atom stereocenters. The van der Waals surface area contributed by atoms with Crippen molar-refractivity contribution in [3.8, 4) is 10.4 Å². The predicted molar refractivity (Wildman–Crippen MR) is 87.3 cm³/mol. The average molecular weight is 295 g/mol. The van der Waals surface area contributed by atoms with Gasteiger partial charge in [-0.3, -0.25) is 0 Å². The third-order valence-corrected chi connectivity index (χ3v) is 7.24. The molecule has 1 aromatic heterocycles. The molecule has 0 radical (unpaired) electrons. The molecular formula is C19H21NS. The van der Waals surface area contributed by atoms with Crippen LogP contribution in [-0.2, 0) is 0 Å². The van der Waals surface area contributed by atoms with Gasteiger partial charge in [-0.25, -0.2) is 4.98 Å². The van der Waals surface area contributed by atoms with Crippen LogP contribution in [0.2, 0.25) is 0 Å². The van der Waals surface area contributed by atoms with Crippen molar-refractivity contribution < 1.29 is 0 Å². The van der Waals surface area contributed by atoms with Crippen LogP contribution in [0.4, 0.5) is 0 Å². The SMILES string of the molecule is c1ccc(-c2cnc(C3C4CC5CC(C4)CC3C5)s2)cc1. The highest BCUT2D eigenvalue weighted by Gasteiger charge is 2.49. The van der Waals surface area contributed by atoms with E-state index in [-0.39, 0.29) is 0 Å². The number of hydrogen-bond donors (Lipinski definition) is 0. The number of aromatic nitrogens is 1. The molecule has 0 unspecified atom stereocenters. The zero-order valence-electron chi connectivity index (χ0n) is 12.2. The Morgan fingerprint density at radius 3 is 2.19 bits per heavy atom. The van der Waals surface area contributed by atoms with Gasteiger partial charge < -0.3 is 0 Å². The summed E-state index contributed by atoms with van der Waals surface area (Å²) in [6, 6.07) is 10.7. The second-order valence-electron chi connectivity index (χ2n) is 7.39. The van der Waals surface area contributed by atoms with Crippen LogP contribution in [0.3, 0.4) is 0 Å². The molecule has 4 aliphatic rings.